The maximum Gasteiger partial charge on any atom is 0.226 e. The molecular weight excluding hydrogens is 248 g/mol. The summed E-state index contributed by atoms with van der Waals surface area (Å²) >= 11 is 0. The first kappa shape index (κ1) is 14.5. The van der Waals surface area contributed by atoms with Crippen molar-refractivity contribution in [2.24, 2.45) is 0 Å². The van der Waals surface area contributed by atoms with Crippen molar-refractivity contribution in [3.63, 3.8) is 0 Å². The number of fused-ring (bicyclic) bond motifs is 1. The molecule has 1 aromatic heterocycles. The number of rotatable bonds is 6. The number of nitrogens with one attached hydrogen (secondary N) is 1. The van der Waals surface area contributed by atoms with Crippen LogP contribution in [0.25, 0.3) is 10.9 Å². The van der Waals surface area contributed by atoms with Gasteiger partial charge in [0.25, 0.3) is 0 Å². The van der Waals surface area contributed by atoms with Crippen molar-refractivity contribution in [3.05, 3.63) is 41.6 Å². The molecule has 20 heavy (non-hydrogen) atoms. The van der Waals surface area contributed by atoms with Crippen LogP contribution in [0, 0.1) is 6.92 Å². The molecule has 106 valence electrons. The van der Waals surface area contributed by atoms with Crippen LogP contribution in [0.2, 0.25) is 0 Å². The van der Waals surface area contributed by atoms with Crippen LogP contribution in [0.4, 0.5) is 0 Å². The Kier molecular flexibility index (Phi) is 5.10. The first-order valence-corrected chi connectivity index (χ1v) is 7.32. The number of hydrogen-bond donors (Lipinski definition) is 1. The summed E-state index contributed by atoms with van der Waals surface area (Å²) in [4.78, 5) is 16.4. The van der Waals surface area contributed by atoms with E-state index in [9.17, 15) is 4.79 Å². The third kappa shape index (κ3) is 3.80. The third-order valence-electron chi connectivity index (χ3n) is 3.42. The molecule has 0 aliphatic rings. The summed E-state index contributed by atoms with van der Waals surface area (Å²) in [5, 5.41) is 4.07. The van der Waals surface area contributed by atoms with Crippen LogP contribution in [0.15, 0.2) is 30.3 Å². The van der Waals surface area contributed by atoms with E-state index >= 15 is 0 Å². The highest BCUT2D eigenvalue weighted by Gasteiger charge is 2.06. The molecule has 1 heterocycles. The average Bonchev–Trinajstić information content (AvgIpc) is 2.45. The number of hydrogen-bond acceptors (Lipinski definition) is 2. The number of unbranched alkanes of at least 4 members (excludes halogenated alkanes) is 2. The number of aromatic nitrogens is 1. The Labute approximate surface area is 120 Å². The van der Waals surface area contributed by atoms with Crippen LogP contribution in [0.1, 0.15) is 37.4 Å². The molecule has 3 heteroatoms. The minimum absolute atomic E-state index is 0.0570. The second-order valence-corrected chi connectivity index (χ2v) is 5.18. The summed E-state index contributed by atoms with van der Waals surface area (Å²) < 4.78 is 0. The van der Waals surface area contributed by atoms with Crippen LogP contribution in [-0.2, 0) is 11.2 Å². The van der Waals surface area contributed by atoms with E-state index in [0.29, 0.717) is 6.42 Å². The molecule has 2 rings (SSSR count). The lowest BCUT2D eigenvalue weighted by atomic mass is 10.1. The van der Waals surface area contributed by atoms with Crippen LogP contribution >= 0.6 is 0 Å². The van der Waals surface area contributed by atoms with E-state index in [4.69, 9.17) is 0 Å². The normalized spacial score (nSPS) is 10.7. The molecular formula is C17H22N2O. The van der Waals surface area contributed by atoms with E-state index in [-0.39, 0.29) is 5.91 Å². The van der Waals surface area contributed by atoms with Gasteiger partial charge in [-0.05, 0) is 25.0 Å². The van der Waals surface area contributed by atoms with E-state index in [2.05, 4.69) is 17.2 Å². The van der Waals surface area contributed by atoms with Crippen molar-refractivity contribution >= 4 is 16.8 Å². The Morgan fingerprint density at radius 3 is 2.85 bits per heavy atom. The van der Waals surface area contributed by atoms with E-state index in [1.54, 1.807) is 0 Å². The van der Waals surface area contributed by atoms with Crippen LogP contribution < -0.4 is 5.32 Å². The summed E-state index contributed by atoms with van der Waals surface area (Å²) in [5.74, 6) is 0.0570. The van der Waals surface area contributed by atoms with Crippen LogP contribution in [0.3, 0.4) is 0 Å². The van der Waals surface area contributed by atoms with Crippen LogP contribution in [-0.4, -0.2) is 17.4 Å². The first-order chi connectivity index (χ1) is 9.70. The molecule has 0 saturated heterocycles. The Morgan fingerprint density at radius 2 is 2.05 bits per heavy atom. The number of nitrogens with zero attached hydrogens (tertiary/aromatic N) is 1. The standard InChI is InChI=1S/C17H22N2O/c1-3-4-5-11-18-16(20)12-15-10-9-14-8-6-7-13(2)17(14)19-15/h6-10H,3-5,11-12H2,1-2H3,(H,18,20). The summed E-state index contributed by atoms with van der Waals surface area (Å²) in [5.41, 5.74) is 2.97. The molecule has 0 saturated carbocycles. The Bertz CT molecular complexity index is 593. The molecule has 0 spiro atoms. The summed E-state index contributed by atoms with van der Waals surface area (Å²) in [6, 6.07) is 10.1. The van der Waals surface area contributed by atoms with Gasteiger partial charge >= 0.3 is 0 Å². The Morgan fingerprint density at radius 1 is 1.20 bits per heavy atom. The molecule has 0 fully saturated rings. The van der Waals surface area contributed by atoms with Gasteiger partial charge in [0, 0.05) is 11.9 Å². The fourth-order valence-electron chi connectivity index (χ4n) is 2.26. The molecule has 0 atom stereocenters. The van der Waals surface area contributed by atoms with E-state index < -0.39 is 0 Å². The number of amides is 1. The van der Waals surface area contributed by atoms with Gasteiger partial charge in [-0.15, -0.1) is 0 Å². The monoisotopic (exact) mass is 270 g/mol. The first-order valence-electron chi connectivity index (χ1n) is 7.32. The zero-order chi connectivity index (χ0) is 14.4. The van der Waals surface area contributed by atoms with Gasteiger partial charge in [-0.25, -0.2) is 0 Å². The molecule has 3 nitrogen and oxygen atoms in total. The number of aryl methyl sites for hydroxylation is 1. The number of benzene rings is 1. The van der Waals surface area contributed by atoms with E-state index in [0.717, 1.165) is 41.5 Å². The predicted molar refractivity (Wildman–Crippen MR) is 82.7 cm³/mol. The smallest absolute Gasteiger partial charge is 0.226 e. The zero-order valence-corrected chi connectivity index (χ0v) is 12.3. The second-order valence-electron chi connectivity index (χ2n) is 5.18. The minimum Gasteiger partial charge on any atom is -0.356 e. The van der Waals surface area contributed by atoms with Gasteiger partial charge in [-0.1, -0.05) is 44.0 Å². The number of carbonyl (C=O) groups is 1. The summed E-state index contributed by atoms with van der Waals surface area (Å²) in [6.45, 7) is 4.96. The molecule has 1 N–H and O–H groups in total. The lowest BCUT2D eigenvalue weighted by Gasteiger charge is -2.06. The van der Waals surface area contributed by atoms with Crippen LogP contribution in [0.5, 0.6) is 0 Å². The second kappa shape index (κ2) is 7.04. The topological polar surface area (TPSA) is 42.0 Å². The van der Waals surface area contributed by atoms with Gasteiger partial charge in [0.1, 0.15) is 0 Å². The lowest BCUT2D eigenvalue weighted by Crippen LogP contribution is -2.26. The summed E-state index contributed by atoms with van der Waals surface area (Å²) in [6.07, 6.45) is 3.73. The quantitative estimate of drug-likeness (QED) is 0.817. The van der Waals surface area contributed by atoms with Gasteiger partial charge in [0.2, 0.25) is 5.91 Å². The maximum absolute atomic E-state index is 11.8. The maximum atomic E-state index is 11.8. The molecule has 0 aliphatic carbocycles. The van der Waals surface area contributed by atoms with Gasteiger partial charge in [0.05, 0.1) is 17.6 Å². The average molecular weight is 270 g/mol. The van der Waals surface area contributed by atoms with Gasteiger partial charge in [-0.3, -0.25) is 9.78 Å². The van der Waals surface area contributed by atoms with E-state index in [1.807, 2.05) is 37.3 Å². The van der Waals surface area contributed by atoms with Crippen molar-refractivity contribution in [2.45, 2.75) is 39.5 Å². The number of pyridine rings is 1. The minimum atomic E-state index is 0.0570. The third-order valence-corrected chi connectivity index (χ3v) is 3.42. The van der Waals surface area contributed by atoms with Crippen molar-refractivity contribution < 1.29 is 4.79 Å². The zero-order valence-electron chi connectivity index (χ0n) is 12.3. The largest absolute Gasteiger partial charge is 0.356 e. The van der Waals surface area contributed by atoms with Crippen molar-refractivity contribution in [2.75, 3.05) is 6.54 Å². The van der Waals surface area contributed by atoms with Crippen molar-refractivity contribution in [1.29, 1.82) is 0 Å². The van der Waals surface area contributed by atoms with Gasteiger partial charge < -0.3 is 5.32 Å². The molecule has 2 aromatic rings. The molecule has 0 aliphatic heterocycles. The molecule has 1 aromatic carbocycles. The summed E-state index contributed by atoms with van der Waals surface area (Å²) in [7, 11) is 0. The van der Waals surface area contributed by atoms with Crippen molar-refractivity contribution in [1.82, 2.24) is 10.3 Å². The predicted octanol–water partition coefficient (Wildman–Crippen LogP) is 3.39. The molecule has 0 radical (unpaired) electrons. The molecule has 1 amide bonds. The van der Waals surface area contributed by atoms with E-state index in [1.165, 1.54) is 6.42 Å². The SMILES string of the molecule is CCCCCNC(=O)Cc1ccc2cccc(C)c2n1. The Balaban J connectivity index is 1.99. The number of carbonyl (C=O) groups excluding carboxylic acids is 1. The highest BCUT2D eigenvalue weighted by Crippen LogP contribution is 2.16. The molecule has 0 bridgehead atoms. The fraction of sp³-hybridized carbons (Fsp3) is 0.412. The lowest BCUT2D eigenvalue weighted by molar-refractivity contribution is -0.120. The highest BCUT2D eigenvalue weighted by molar-refractivity contribution is 5.83. The highest BCUT2D eigenvalue weighted by atomic mass is 16.1. The van der Waals surface area contributed by atoms with Gasteiger partial charge in [0.15, 0.2) is 0 Å². The fourth-order valence-corrected chi connectivity index (χ4v) is 2.26. The van der Waals surface area contributed by atoms with Crippen molar-refractivity contribution in [3.8, 4) is 0 Å². The number of para-hydroxylation sites is 1. The van der Waals surface area contributed by atoms with Gasteiger partial charge in [-0.2, -0.15) is 0 Å². The Hall–Kier alpha value is -1.90. The molecule has 0 unspecified atom stereocenters.